The number of halogens is 1. The summed E-state index contributed by atoms with van der Waals surface area (Å²) in [5.74, 6) is -0.890. The number of phenolic OH excluding ortho intramolecular Hbond substituents is 1. The summed E-state index contributed by atoms with van der Waals surface area (Å²) in [6, 6.07) is 13.9. The lowest BCUT2D eigenvalue weighted by Crippen LogP contribution is -2.54. The summed E-state index contributed by atoms with van der Waals surface area (Å²) < 4.78 is 1.99. The summed E-state index contributed by atoms with van der Waals surface area (Å²) in [6.45, 7) is 5.63. The summed E-state index contributed by atoms with van der Waals surface area (Å²) in [7, 11) is 0. The molecule has 0 unspecified atom stereocenters. The Morgan fingerprint density at radius 3 is 2.44 bits per heavy atom. The standard InChI is InChI=1S/C24H20ClN3O3S/c1-13-11-16(15(3)27(13)17-7-9-18(29)10-8-17)12-19-22(30)26-24(32)28(23(19)31)21-6-4-5-20(25)14(21)2/h4-12,29H,1-3H3,(H,26,30,32)/b19-12-. The third-order valence-electron chi connectivity index (χ3n) is 5.46. The number of aromatic nitrogens is 1. The zero-order valence-electron chi connectivity index (χ0n) is 17.6. The fourth-order valence-electron chi connectivity index (χ4n) is 3.80. The molecule has 2 amide bonds. The molecular weight excluding hydrogens is 446 g/mol. The Morgan fingerprint density at radius 2 is 1.75 bits per heavy atom. The molecule has 32 heavy (non-hydrogen) atoms. The number of phenols is 1. The normalized spacial score (nSPS) is 15.4. The fourth-order valence-corrected chi connectivity index (χ4v) is 4.25. The fraction of sp³-hybridized carbons (Fsp3) is 0.125. The molecule has 0 spiro atoms. The Labute approximate surface area is 195 Å². The minimum Gasteiger partial charge on any atom is -0.508 e. The summed E-state index contributed by atoms with van der Waals surface area (Å²) in [5, 5.41) is 12.7. The van der Waals surface area contributed by atoms with Gasteiger partial charge in [-0.2, -0.15) is 0 Å². The lowest BCUT2D eigenvalue weighted by molar-refractivity contribution is -0.122. The molecule has 2 heterocycles. The van der Waals surface area contributed by atoms with Crippen LogP contribution in [0, 0.1) is 20.8 Å². The van der Waals surface area contributed by atoms with Crippen molar-refractivity contribution in [2.75, 3.05) is 4.90 Å². The van der Waals surface area contributed by atoms with Crippen LogP contribution < -0.4 is 10.2 Å². The van der Waals surface area contributed by atoms with E-state index in [0.717, 1.165) is 22.6 Å². The van der Waals surface area contributed by atoms with Gasteiger partial charge in [-0.1, -0.05) is 17.7 Å². The number of hydrogen-bond acceptors (Lipinski definition) is 4. The highest BCUT2D eigenvalue weighted by molar-refractivity contribution is 7.80. The predicted octanol–water partition coefficient (Wildman–Crippen LogP) is 4.59. The van der Waals surface area contributed by atoms with Gasteiger partial charge in [0, 0.05) is 22.1 Å². The van der Waals surface area contributed by atoms with Crippen molar-refractivity contribution in [3.8, 4) is 11.4 Å². The Balaban J connectivity index is 1.78. The van der Waals surface area contributed by atoms with E-state index in [1.165, 1.54) is 4.90 Å². The molecule has 162 valence electrons. The van der Waals surface area contributed by atoms with Crippen molar-refractivity contribution < 1.29 is 14.7 Å². The number of aryl methyl sites for hydroxylation is 1. The lowest BCUT2D eigenvalue weighted by atomic mass is 10.1. The number of anilines is 1. The molecule has 2 N–H and O–H groups in total. The minimum atomic E-state index is -0.551. The number of rotatable bonds is 3. The summed E-state index contributed by atoms with van der Waals surface area (Å²) in [4.78, 5) is 27.3. The average Bonchev–Trinajstić information content (AvgIpc) is 3.02. The molecule has 6 nitrogen and oxygen atoms in total. The van der Waals surface area contributed by atoms with Gasteiger partial charge in [0.15, 0.2) is 5.11 Å². The molecular formula is C24H20ClN3O3S. The molecule has 0 bridgehead atoms. The van der Waals surface area contributed by atoms with E-state index in [4.69, 9.17) is 23.8 Å². The van der Waals surface area contributed by atoms with Crippen LogP contribution in [-0.2, 0) is 9.59 Å². The van der Waals surface area contributed by atoms with Gasteiger partial charge in [0.1, 0.15) is 11.3 Å². The van der Waals surface area contributed by atoms with Crippen LogP contribution in [0.4, 0.5) is 5.69 Å². The highest BCUT2D eigenvalue weighted by Gasteiger charge is 2.35. The third-order valence-corrected chi connectivity index (χ3v) is 6.15. The third kappa shape index (κ3) is 3.70. The second-order valence-corrected chi connectivity index (χ2v) is 8.31. The first-order valence-electron chi connectivity index (χ1n) is 9.84. The molecule has 1 aliphatic heterocycles. The topological polar surface area (TPSA) is 74.6 Å². The number of benzene rings is 2. The van der Waals surface area contributed by atoms with Crippen LogP contribution in [-0.4, -0.2) is 26.6 Å². The second kappa shape index (κ2) is 8.26. The van der Waals surface area contributed by atoms with Crippen LogP contribution in [0.15, 0.2) is 54.1 Å². The van der Waals surface area contributed by atoms with Gasteiger partial charge >= 0.3 is 0 Å². The molecule has 0 saturated carbocycles. The second-order valence-electron chi connectivity index (χ2n) is 7.52. The van der Waals surface area contributed by atoms with Gasteiger partial charge in [0.25, 0.3) is 11.8 Å². The van der Waals surface area contributed by atoms with E-state index in [9.17, 15) is 14.7 Å². The van der Waals surface area contributed by atoms with E-state index < -0.39 is 11.8 Å². The molecule has 1 saturated heterocycles. The Morgan fingerprint density at radius 1 is 1.06 bits per heavy atom. The largest absolute Gasteiger partial charge is 0.508 e. The van der Waals surface area contributed by atoms with Crippen molar-refractivity contribution in [3.63, 3.8) is 0 Å². The monoisotopic (exact) mass is 465 g/mol. The number of thiocarbonyl (C=S) groups is 1. The van der Waals surface area contributed by atoms with Gasteiger partial charge in [-0.15, -0.1) is 0 Å². The maximum Gasteiger partial charge on any atom is 0.270 e. The van der Waals surface area contributed by atoms with E-state index in [1.54, 1.807) is 55.5 Å². The number of carbonyl (C=O) groups excluding carboxylic acids is 2. The highest BCUT2D eigenvalue weighted by Crippen LogP contribution is 2.30. The SMILES string of the molecule is Cc1c(Cl)cccc1N1C(=O)/C(=C\c2cc(C)n(-c3ccc(O)cc3)c2C)C(=O)NC1=S. The smallest absolute Gasteiger partial charge is 0.270 e. The molecule has 8 heteroatoms. The van der Waals surface area contributed by atoms with E-state index in [0.29, 0.717) is 16.3 Å². The maximum atomic E-state index is 13.4. The lowest BCUT2D eigenvalue weighted by Gasteiger charge is -2.30. The number of nitrogens with zero attached hydrogens (tertiary/aromatic N) is 2. The first-order chi connectivity index (χ1) is 15.2. The van der Waals surface area contributed by atoms with Crippen LogP contribution >= 0.6 is 23.8 Å². The summed E-state index contributed by atoms with van der Waals surface area (Å²) in [6.07, 6.45) is 1.57. The van der Waals surface area contributed by atoms with E-state index in [1.807, 2.05) is 24.5 Å². The van der Waals surface area contributed by atoms with Crippen LogP contribution in [0.2, 0.25) is 5.02 Å². The number of hydrogen-bond donors (Lipinski definition) is 2. The molecule has 4 rings (SSSR count). The van der Waals surface area contributed by atoms with Crippen molar-refractivity contribution in [1.29, 1.82) is 0 Å². The van der Waals surface area contributed by atoms with E-state index in [2.05, 4.69) is 5.32 Å². The van der Waals surface area contributed by atoms with Crippen molar-refractivity contribution in [3.05, 3.63) is 81.6 Å². The van der Waals surface area contributed by atoms with Crippen molar-refractivity contribution in [2.45, 2.75) is 20.8 Å². The zero-order chi connectivity index (χ0) is 23.2. The van der Waals surface area contributed by atoms with Gasteiger partial charge in [-0.25, -0.2) is 0 Å². The quantitative estimate of drug-likeness (QED) is 0.337. The average molecular weight is 466 g/mol. The Hall–Kier alpha value is -3.42. The molecule has 1 aromatic heterocycles. The number of carbonyl (C=O) groups is 2. The molecule has 0 aliphatic carbocycles. The van der Waals surface area contributed by atoms with E-state index in [-0.39, 0.29) is 16.4 Å². The summed E-state index contributed by atoms with van der Waals surface area (Å²) in [5.41, 5.74) is 4.54. The number of amides is 2. The number of aromatic hydroxyl groups is 1. The molecule has 0 radical (unpaired) electrons. The molecule has 2 aromatic carbocycles. The van der Waals surface area contributed by atoms with Gasteiger partial charge in [-0.05, 0) is 92.7 Å². The zero-order valence-corrected chi connectivity index (χ0v) is 19.2. The highest BCUT2D eigenvalue weighted by atomic mass is 35.5. The van der Waals surface area contributed by atoms with Crippen LogP contribution in [0.1, 0.15) is 22.5 Å². The maximum absolute atomic E-state index is 13.4. The Kier molecular flexibility index (Phi) is 5.62. The molecule has 1 aliphatic rings. The van der Waals surface area contributed by atoms with Gasteiger partial charge in [0.2, 0.25) is 0 Å². The van der Waals surface area contributed by atoms with Crippen LogP contribution in [0.5, 0.6) is 5.75 Å². The van der Waals surface area contributed by atoms with E-state index >= 15 is 0 Å². The van der Waals surface area contributed by atoms with Crippen molar-refractivity contribution >= 4 is 52.5 Å². The van der Waals surface area contributed by atoms with Crippen molar-refractivity contribution in [1.82, 2.24) is 9.88 Å². The first kappa shape index (κ1) is 21.8. The minimum absolute atomic E-state index is 0.0112. The van der Waals surface area contributed by atoms with Gasteiger partial charge in [0.05, 0.1) is 5.69 Å². The molecule has 1 fully saturated rings. The van der Waals surface area contributed by atoms with Crippen molar-refractivity contribution in [2.24, 2.45) is 0 Å². The predicted molar refractivity (Wildman–Crippen MR) is 129 cm³/mol. The van der Waals surface area contributed by atoms with Gasteiger partial charge in [-0.3, -0.25) is 19.8 Å². The Bertz CT molecular complexity index is 1310. The summed E-state index contributed by atoms with van der Waals surface area (Å²) >= 11 is 11.5. The first-order valence-corrected chi connectivity index (χ1v) is 10.6. The van der Waals surface area contributed by atoms with Crippen LogP contribution in [0.3, 0.4) is 0 Å². The van der Waals surface area contributed by atoms with Crippen LogP contribution in [0.25, 0.3) is 11.8 Å². The number of nitrogens with one attached hydrogen (secondary N) is 1. The van der Waals surface area contributed by atoms with Gasteiger partial charge < -0.3 is 9.67 Å². The molecule has 0 atom stereocenters. The molecule has 3 aromatic rings.